The molecule has 2 amide bonds. The molecule has 0 aromatic heterocycles. The number of rotatable bonds is 7. The number of hydrogen-bond donors (Lipinski definition) is 1. The van der Waals surface area contributed by atoms with Gasteiger partial charge in [0, 0.05) is 5.56 Å². The summed E-state index contributed by atoms with van der Waals surface area (Å²) in [6.45, 7) is 9.96. The fraction of sp³-hybridized carbons (Fsp3) is 0.500. The first-order valence-electron chi connectivity index (χ1n) is 9.85. The zero-order valence-electron chi connectivity index (χ0n) is 19.3. The molecule has 31 heavy (non-hydrogen) atoms. The summed E-state index contributed by atoms with van der Waals surface area (Å²) in [4.78, 5) is 37.5. The molecular weight excluding hydrogens is 404 g/mol. The van der Waals surface area contributed by atoms with Crippen LogP contribution >= 0.6 is 0 Å². The molecule has 0 aliphatic rings. The Morgan fingerprint density at radius 2 is 1.52 bits per heavy atom. The lowest BCUT2D eigenvalue weighted by molar-refractivity contribution is -0.148. The zero-order valence-corrected chi connectivity index (χ0v) is 19.3. The maximum absolute atomic E-state index is 12.9. The highest BCUT2D eigenvalue weighted by Crippen LogP contribution is 2.29. The molecule has 1 N–H and O–H groups in total. The maximum Gasteiger partial charge on any atom is 0.433 e. The number of methoxy groups -OCH3 is 2. The molecule has 172 valence electrons. The van der Waals surface area contributed by atoms with Crippen LogP contribution in [0.15, 0.2) is 30.3 Å². The summed E-state index contributed by atoms with van der Waals surface area (Å²) in [5, 5.41) is 0.914. The van der Waals surface area contributed by atoms with Crippen LogP contribution in [-0.4, -0.2) is 49.6 Å². The van der Waals surface area contributed by atoms with E-state index in [4.69, 9.17) is 18.9 Å². The third-order valence-electron chi connectivity index (χ3n) is 3.90. The van der Waals surface area contributed by atoms with Crippen LogP contribution < -0.4 is 10.2 Å². The van der Waals surface area contributed by atoms with Crippen molar-refractivity contribution in [3.63, 3.8) is 0 Å². The van der Waals surface area contributed by atoms with Crippen LogP contribution in [0.2, 0.25) is 0 Å². The molecule has 0 heterocycles. The number of hydrazine groups is 1. The van der Waals surface area contributed by atoms with Gasteiger partial charge in [-0.25, -0.2) is 15.0 Å². The predicted octanol–water partition coefficient (Wildman–Crippen LogP) is 4.13. The molecule has 9 nitrogen and oxygen atoms in total. The van der Waals surface area contributed by atoms with Gasteiger partial charge in [-0.1, -0.05) is 0 Å². The highest BCUT2D eigenvalue weighted by atomic mass is 16.6. The summed E-state index contributed by atoms with van der Waals surface area (Å²) in [5.41, 5.74) is 1.99. The molecule has 0 saturated heterocycles. The molecule has 1 aromatic carbocycles. The van der Waals surface area contributed by atoms with Crippen LogP contribution in [0.25, 0.3) is 5.70 Å². The Labute approximate surface area is 183 Å². The average Bonchev–Trinajstić information content (AvgIpc) is 2.68. The third-order valence-corrected chi connectivity index (χ3v) is 3.90. The Morgan fingerprint density at radius 1 is 0.968 bits per heavy atom. The van der Waals surface area contributed by atoms with E-state index in [0.717, 1.165) is 5.01 Å². The normalized spacial score (nSPS) is 11.7. The van der Waals surface area contributed by atoms with E-state index in [1.165, 1.54) is 20.3 Å². The topological polar surface area (TPSA) is 103 Å². The number of carbonyl (C=O) groups is 3. The van der Waals surface area contributed by atoms with Gasteiger partial charge in [0.25, 0.3) is 0 Å². The fourth-order valence-corrected chi connectivity index (χ4v) is 2.49. The van der Waals surface area contributed by atoms with Crippen LogP contribution in [0.3, 0.4) is 0 Å². The summed E-state index contributed by atoms with van der Waals surface area (Å²) in [6, 6.07) is 6.74. The summed E-state index contributed by atoms with van der Waals surface area (Å²) >= 11 is 0. The van der Waals surface area contributed by atoms with Gasteiger partial charge in [0.2, 0.25) is 0 Å². The molecule has 9 heteroatoms. The van der Waals surface area contributed by atoms with E-state index < -0.39 is 35.8 Å². The molecule has 1 rings (SSSR count). The van der Waals surface area contributed by atoms with E-state index in [2.05, 4.69) is 5.43 Å². The highest BCUT2D eigenvalue weighted by molar-refractivity contribution is 5.88. The van der Waals surface area contributed by atoms with Crippen LogP contribution in [0, 0.1) is 5.41 Å². The fourth-order valence-electron chi connectivity index (χ4n) is 2.49. The van der Waals surface area contributed by atoms with Gasteiger partial charge in [-0.2, -0.15) is 5.01 Å². The summed E-state index contributed by atoms with van der Waals surface area (Å²) in [7, 11) is 2.80. The number of esters is 1. The average molecular weight is 437 g/mol. The van der Waals surface area contributed by atoms with Gasteiger partial charge in [-0.05, 0) is 71.9 Å². The van der Waals surface area contributed by atoms with Gasteiger partial charge < -0.3 is 18.9 Å². The zero-order chi connectivity index (χ0) is 23.8. The largest absolute Gasteiger partial charge is 0.497 e. The quantitative estimate of drug-likeness (QED) is 0.389. The summed E-state index contributed by atoms with van der Waals surface area (Å²) in [6.07, 6.45) is -1.06. The van der Waals surface area contributed by atoms with Gasteiger partial charge >= 0.3 is 18.2 Å². The Balaban J connectivity index is 3.58. The molecule has 0 aliphatic heterocycles. The van der Waals surface area contributed by atoms with E-state index in [0.29, 0.717) is 11.3 Å². The first kappa shape index (κ1) is 25.8. The Morgan fingerprint density at radius 3 is 1.97 bits per heavy atom. The molecule has 0 unspecified atom stereocenters. The van der Waals surface area contributed by atoms with Crippen LogP contribution in [0.1, 0.15) is 47.1 Å². The van der Waals surface area contributed by atoms with Gasteiger partial charge in [-0.15, -0.1) is 0 Å². The van der Waals surface area contributed by atoms with E-state index in [1.807, 2.05) is 0 Å². The van der Waals surface area contributed by atoms with Crippen molar-refractivity contribution < 1.29 is 33.3 Å². The summed E-state index contributed by atoms with van der Waals surface area (Å²) in [5.74, 6) is 0.0688. The van der Waals surface area contributed by atoms with E-state index >= 15 is 0 Å². The van der Waals surface area contributed by atoms with Crippen molar-refractivity contribution in [2.75, 3.05) is 14.2 Å². The maximum atomic E-state index is 12.9. The van der Waals surface area contributed by atoms with Crippen molar-refractivity contribution in [2.45, 2.75) is 53.8 Å². The van der Waals surface area contributed by atoms with Gasteiger partial charge in [0.05, 0.1) is 37.5 Å². The van der Waals surface area contributed by atoms with E-state index in [1.54, 1.807) is 65.8 Å². The van der Waals surface area contributed by atoms with Crippen molar-refractivity contribution in [1.82, 2.24) is 10.4 Å². The Kier molecular flexibility index (Phi) is 9.36. The van der Waals surface area contributed by atoms with Crippen molar-refractivity contribution >= 4 is 23.9 Å². The van der Waals surface area contributed by atoms with Crippen LogP contribution in [0.4, 0.5) is 9.59 Å². The molecular formula is C22H32N2O7. The lowest BCUT2D eigenvalue weighted by Gasteiger charge is -2.29. The van der Waals surface area contributed by atoms with Gasteiger partial charge in [0.15, 0.2) is 0 Å². The molecule has 0 saturated carbocycles. The second-order valence-electron chi connectivity index (χ2n) is 7.81. The number of ether oxygens (including phenoxy) is 4. The number of amides is 2. The van der Waals surface area contributed by atoms with Gasteiger partial charge in [0.1, 0.15) is 5.75 Å². The number of carbonyl (C=O) groups excluding carboxylic acids is 3. The lowest BCUT2D eigenvalue weighted by atomic mass is 9.91. The SMILES string of the molecule is COC(=O)C(C)(C)/C=C(\c1ccc(OC)cc1)N(NC(=O)OC(C)C)C(=O)OC(C)C. The molecule has 1 aromatic rings. The number of nitrogens with zero attached hydrogens (tertiary/aromatic N) is 1. The van der Waals surface area contributed by atoms with E-state index in [9.17, 15) is 14.4 Å². The van der Waals surface area contributed by atoms with Crippen molar-refractivity contribution in [3.05, 3.63) is 35.9 Å². The molecule has 0 aliphatic carbocycles. The van der Waals surface area contributed by atoms with Crippen molar-refractivity contribution in [2.24, 2.45) is 5.41 Å². The Bertz CT molecular complexity index is 799. The summed E-state index contributed by atoms with van der Waals surface area (Å²) < 4.78 is 20.5. The third kappa shape index (κ3) is 7.84. The monoisotopic (exact) mass is 436 g/mol. The molecule has 0 fully saturated rings. The van der Waals surface area contributed by atoms with Crippen molar-refractivity contribution in [1.29, 1.82) is 0 Å². The molecule has 0 spiro atoms. The second-order valence-corrected chi connectivity index (χ2v) is 7.81. The van der Waals surface area contributed by atoms with Gasteiger partial charge in [-0.3, -0.25) is 4.79 Å². The smallest absolute Gasteiger partial charge is 0.433 e. The molecule has 0 atom stereocenters. The van der Waals surface area contributed by atoms with E-state index in [-0.39, 0.29) is 5.70 Å². The highest BCUT2D eigenvalue weighted by Gasteiger charge is 2.32. The number of benzene rings is 1. The first-order chi connectivity index (χ1) is 14.4. The van der Waals surface area contributed by atoms with Crippen LogP contribution in [0.5, 0.6) is 5.75 Å². The molecule has 0 bridgehead atoms. The Hall–Kier alpha value is -3.23. The van der Waals surface area contributed by atoms with Crippen LogP contribution in [-0.2, 0) is 19.0 Å². The second kappa shape index (κ2) is 11.2. The van der Waals surface area contributed by atoms with Crippen molar-refractivity contribution in [3.8, 4) is 5.75 Å². The minimum absolute atomic E-state index is 0.199. The molecule has 0 radical (unpaired) electrons. The number of hydrogen-bond acceptors (Lipinski definition) is 7. The number of nitrogens with one attached hydrogen (secondary N) is 1. The predicted molar refractivity (Wildman–Crippen MR) is 115 cm³/mol. The minimum Gasteiger partial charge on any atom is -0.497 e. The minimum atomic E-state index is -1.13. The first-order valence-corrected chi connectivity index (χ1v) is 9.85. The lowest BCUT2D eigenvalue weighted by Crippen LogP contribution is -2.47. The standard InChI is InChI=1S/C22H32N2O7/c1-14(2)30-20(26)23-24(21(27)31-15(3)4)18(13-22(5,6)19(25)29-8)16-9-11-17(28-7)12-10-16/h9-15H,1-8H3,(H,23,26)/b18-13+.